The van der Waals surface area contributed by atoms with Crippen LogP contribution in [0.5, 0.6) is 0 Å². The van der Waals surface area contributed by atoms with E-state index in [1.807, 2.05) is 6.08 Å². The summed E-state index contributed by atoms with van der Waals surface area (Å²) in [4.78, 5) is 0. The molecule has 1 aromatic heterocycles. The lowest BCUT2D eigenvalue weighted by atomic mass is 10.8. The predicted molar refractivity (Wildman–Crippen MR) is 45.2 cm³/mol. The van der Waals surface area contributed by atoms with E-state index in [1.54, 1.807) is 11.8 Å². The zero-order valence-corrected chi connectivity index (χ0v) is 6.91. The lowest BCUT2D eigenvalue weighted by Gasteiger charge is -1.89. The number of anilines is 1. The van der Waals surface area contributed by atoms with Gasteiger partial charge in [-0.3, -0.25) is 0 Å². The van der Waals surface area contributed by atoms with E-state index in [2.05, 4.69) is 16.2 Å². The molecule has 0 aliphatic rings. The minimum Gasteiger partial charge on any atom is -0.381 e. The Morgan fingerprint density at radius 2 is 2.60 bits per heavy atom. The number of aromatic nitrogens is 2. The van der Waals surface area contributed by atoms with Crippen molar-refractivity contribution in [2.75, 3.05) is 11.5 Å². The third-order valence-corrected chi connectivity index (χ3v) is 2.80. The van der Waals surface area contributed by atoms with Gasteiger partial charge in [0.15, 0.2) is 5.82 Å². The van der Waals surface area contributed by atoms with E-state index in [0.29, 0.717) is 5.82 Å². The summed E-state index contributed by atoms with van der Waals surface area (Å²) < 4.78 is 4.66. The van der Waals surface area contributed by atoms with Crippen LogP contribution in [0.1, 0.15) is 0 Å². The van der Waals surface area contributed by atoms with Crippen molar-refractivity contribution < 1.29 is 0 Å². The van der Waals surface area contributed by atoms with Gasteiger partial charge in [0.1, 0.15) is 4.21 Å². The summed E-state index contributed by atoms with van der Waals surface area (Å²) in [5, 5.41) is 3.66. The maximum absolute atomic E-state index is 5.46. The van der Waals surface area contributed by atoms with Gasteiger partial charge in [-0.05, 0) is 11.5 Å². The Labute approximate surface area is 67.5 Å². The van der Waals surface area contributed by atoms with E-state index in [4.69, 9.17) is 5.73 Å². The molecular formula is C5H7N3S2. The Balaban J connectivity index is 2.56. The molecular weight excluding hydrogens is 166 g/mol. The van der Waals surface area contributed by atoms with Crippen LogP contribution >= 0.6 is 23.3 Å². The molecule has 0 amide bonds. The standard InChI is InChI=1S/C5H7N3S2/c1-2-3-9-5-4(6)7-8-10-5/h2H,1,3,6H2. The summed E-state index contributed by atoms with van der Waals surface area (Å²) >= 11 is 2.92. The molecule has 0 radical (unpaired) electrons. The van der Waals surface area contributed by atoms with Gasteiger partial charge in [0, 0.05) is 5.75 Å². The molecule has 3 nitrogen and oxygen atoms in total. The van der Waals surface area contributed by atoms with Crippen molar-refractivity contribution in [3.63, 3.8) is 0 Å². The van der Waals surface area contributed by atoms with Crippen molar-refractivity contribution in [1.29, 1.82) is 0 Å². The van der Waals surface area contributed by atoms with E-state index < -0.39 is 0 Å². The first-order chi connectivity index (χ1) is 4.84. The summed E-state index contributed by atoms with van der Waals surface area (Å²) in [5.41, 5.74) is 5.46. The Morgan fingerprint density at radius 1 is 1.80 bits per heavy atom. The number of hydrogen-bond donors (Lipinski definition) is 1. The van der Waals surface area contributed by atoms with Gasteiger partial charge in [-0.2, -0.15) is 0 Å². The van der Waals surface area contributed by atoms with Crippen LogP contribution in [0.2, 0.25) is 0 Å². The van der Waals surface area contributed by atoms with Gasteiger partial charge in [0.2, 0.25) is 0 Å². The van der Waals surface area contributed by atoms with E-state index >= 15 is 0 Å². The summed E-state index contributed by atoms with van der Waals surface area (Å²) in [5.74, 6) is 1.38. The van der Waals surface area contributed by atoms with Gasteiger partial charge < -0.3 is 5.73 Å². The molecule has 1 aromatic rings. The number of nitrogens with two attached hydrogens (primary N) is 1. The van der Waals surface area contributed by atoms with Crippen LogP contribution in [0.4, 0.5) is 5.82 Å². The van der Waals surface area contributed by atoms with E-state index in [0.717, 1.165) is 9.96 Å². The smallest absolute Gasteiger partial charge is 0.172 e. The Bertz CT molecular complexity index is 220. The molecule has 0 saturated carbocycles. The second kappa shape index (κ2) is 3.58. The number of nitrogen functional groups attached to an aromatic ring is 1. The average molecular weight is 173 g/mol. The van der Waals surface area contributed by atoms with Crippen LogP contribution in [0.3, 0.4) is 0 Å². The average Bonchev–Trinajstić information content (AvgIpc) is 2.31. The maximum Gasteiger partial charge on any atom is 0.172 e. The molecule has 0 bridgehead atoms. The molecule has 0 aromatic carbocycles. The highest BCUT2D eigenvalue weighted by molar-refractivity contribution is 8.01. The van der Waals surface area contributed by atoms with Crippen molar-refractivity contribution in [2.45, 2.75) is 4.21 Å². The van der Waals surface area contributed by atoms with Gasteiger partial charge in [0.25, 0.3) is 0 Å². The third kappa shape index (κ3) is 1.71. The lowest BCUT2D eigenvalue weighted by Crippen LogP contribution is -1.85. The topological polar surface area (TPSA) is 51.8 Å². The minimum atomic E-state index is 0.525. The number of rotatable bonds is 3. The highest BCUT2D eigenvalue weighted by Crippen LogP contribution is 2.26. The van der Waals surface area contributed by atoms with Gasteiger partial charge in [-0.1, -0.05) is 10.6 Å². The predicted octanol–water partition coefficient (Wildman–Crippen LogP) is 1.40. The van der Waals surface area contributed by atoms with Crippen molar-refractivity contribution >= 4 is 29.1 Å². The Kier molecular flexibility index (Phi) is 2.70. The number of thioether (sulfide) groups is 1. The fourth-order valence-corrected chi connectivity index (χ4v) is 1.73. The number of nitrogens with zero attached hydrogens (tertiary/aromatic N) is 2. The molecule has 0 fully saturated rings. The van der Waals surface area contributed by atoms with Crippen LogP contribution in [-0.2, 0) is 0 Å². The second-order valence-electron chi connectivity index (χ2n) is 1.55. The number of hydrogen-bond acceptors (Lipinski definition) is 5. The molecule has 54 valence electrons. The van der Waals surface area contributed by atoms with Crippen LogP contribution in [0, 0.1) is 0 Å². The molecule has 0 aliphatic heterocycles. The van der Waals surface area contributed by atoms with Crippen molar-refractivity contribution in [3.05, 3.63) is 12.7 Å². The van der Waals surface area contributed by atoms with Crippen molar-refractivity contribution in [3.8, 4) is 0 Å². The second-order valence-corrected chi connectivity index (χ2v) is 3.59. The first-order valence-corrected chi connectivity index (χ1v) is 4.42. The highest BCUT2D eigenvalue weighted by atomic mass is 32.2. The third-order valence-electron chi connectivity index (χ3n) is 0.814. The molecule has 1 heterocycles. The minimum absolute atomic E-state index is 0.525. The molecule has 0 unspecified atom stereocenters. The fraction of sp³-hybridized carbons (Fsp3) is 0.200. The Hall–Kier alpha value is -0.550. The first kappa shape index (κ1) is 7.56. The van der Waals surface area contributed by atoms with Gasteiger partial charge in [-0.15, -0.1) is 23.4 Å². The van der Waals surface area contributed by atoms with Crippen LogP contribution in [0.15, 0.2) is 16.9 Å². The van der Waals surface area contributed by atoms with Crippen LogP contribution in [-0.4, -0.2) is 15.3 Å². The van der Waals surface area contributed by atoms with Crippen molar-refractivity contribution in [2.24, 2.45) is 0 Å². The largest absolute Gasteiger partial charge is 0.381 e. The summed E-state index contributed by atoms with van der Waals surface area (Å²) in [7, 11) is 0. The first-order valence-electron chi connectivity index (χ1n) is 2.66. The summed E-state index contributed by atoms with van der Waals surface area (Å²) in [6.07, 6.45) is 1.82. The van der Waals surface area contributed by atoms with Gasteiger partial charge in [0.05, 0.1) is 0 Å². The van der Waals surface area contributed by atoms with Crippen LogP contribution < -0.4 is 5.73 Å². The van der Waals surface area contributed by atoms with Gasteiger partial charge in [-0.25, -0.2) is 0 Å². The molecule has 2 N–H and O–H groups in total. The van der Waals surface area contributed by atoms with E-state index in [1.165, 1.54) is 11.5 Å². The van der Waals surface area contributed by atoms with Gasteiger partial charge >= 0.3 is 0 Å². The van der Waals surface area contributed by atoms with E-state index in [-0.39, 0.29) is 0 Å². The molecule has 1 rings (SSSR count). The normalized spacial score (nSPS) is 9.60. The summed E-state index contributed by atoms with van der Waals surface area (Å²) in [6.45, 7) is 3.59. The fourth-order valence-electron chi connectivity index (χ4n) is 0.424. The Morgan fingerprint density at radius 3 is 3.10 bits per heavy atom. The van der Waals surface area contributed by atoms with Crippen LogP contribution in [0.25, 0.3) is 0 Å². The molecule has 0 aliphatic carbocycles. The maximum atomic E-state index is 5.46. The van der Waals surface area contributed by atoms with E-state index in [9.17, 15) is 0 Å². The summed E-state index contributed by atoms with van der Waals surface area (Å²) in [6, 6.07) is 0. The molecule has 0 saturated heterocycles. The zero-order valence-electron chi connectivity index (χ0n) is 5.28. The quantitative estimate of drug-likeness (QED) is 0.554. The SMILES string of the molecule is C=CCSc1snnc1N. The molecule has 10 heavy (non-hydrogen) atoms. The monoisotopic (exact) mass is 173 g/mol. The molecule has 0 spiro atoms. The molecule has 0 atom stereocenters. The molecule has 5 heteroatoms. The lowest BCUT2D eigenvalue weighted by molar-refractivity contribution is 1.16. The van der Waals surface area contributed by atoms with Crippen molar-refractivity contribution in [1.82, 2.24) is 9.59 Å². The highest BCUT2D eigenvalue weighted by Gasteiger charge is 2.01. The zero-order chi connectivity index (χ0) is 7.40.